The van der Waals surface area contributed by atoms with Crippen LogP contribution in [0.4, 0.5) is 5.82 Å². The lowest BCUT2D eigenvalue weighted by Gasteiger charge is -2.17. The zero-order chi connectivity index (χ0) is 12.2. The van der Waals surface area contributed by atoms with Crippen LogP contribution in [0, 0.1) is 5.41 Å². The maximum atomic E-state index is 11.7. The molecule has 0 aliphatic rings. The number of rotatable bonds is 3. The first-order valence-corrected chi connectivity index (χ1v) is 6.38. The van der Waals surface area contributed by atoms with Crippen molar-refractivity contribution in [2.24, 2.45) is 5.41 Å². The predicted octanol–water partition coefficient (Wildman–Crippen LogP) is 3.00. The Hall–Kier alpha value is -0.900. The molecule has 4 heteroatoms. The third-order valence-corrected chi connectivity index (χ3v) is 2.53. The van der Waals surface area contributed by atoms with E-state index in [4.69, 9.17) is 0 Å². The second kappa shape index (κ2) is 5.43. The van der Waals surface area contributed by atoms with Gasteiger partial charge in [0.2, 0.25) is 5.91 Å². The van der Waals surface area contributed by atoms with Crippen molar-refractivity contribution < 1.29 is 4.79 Å². The number of aryl methyl sites for hydroxylation is 1. The van der Waals surface area contributed by atoms with Gasteiger partial charge >= 0.3 is 0 Å². The highest BCUT2D eigenvalue weighted by Crippen LogP contribution is 2.16. The molecule has 0 spiro atoms. The van der Waals surface area contributed by atoms with Crippen LogP contribution in [0.3, 0.4) is 0 Å². The molecule has 0 aromatic carbocycles. The molecule has 0 aliphatic carbocycles. The van der Waals surface area contributed by atoms with E-state index in [0.717, 1.165) is 17.3 Å². The summed E-state index contributed by atoms with van der Waals surface area (Å²) >= 11 is 3.39. The molecule has 0 aliphatic heterocycles. The summed E-state index contributed by atoms with van der Waals surface area (Å²) in [5.41, 5.74) is 0.767. The maximum absolute atomic E-state index is 11.7. The molecule has 0 fully saturated rings. The van der Waals surface area contributed by atoms with Gasteiger partial charge in [0.05, 0.1) is 0 Å². The molecular formula is C12H17BrN2O. The number of carbonyl (C=O) groups excluding carboxylic acids is 1. The number of amides is 1. The molecule has 1 amide bonds. The zero-order valence-corrected chi connectivity index (χ0v) is 11.5. The fraction of sp³-hybridized carbons (Fsp3) is 0.500. The minimum Gasteiger partial charge on any atom is -0.310 e. The molecule has 0 saturated heterocycles. The van der Waals surface area contributed by atoms with Gasteiger partial charge in [-0.3, -0.25) is 4.79 Å². The Morgan fingerprint density at radius 1 is 1.50 bits per heavy atom. The molecule has 0 saturated carbocycles. The highest BCUT2D eigenvalue weighted by molar-refractivity contribution is 9.09. The third-order valence-electron chi connectivity index (χ3n) is 2.13. The van der Waals surface area contributed by atoms with Crippen LogP contribution in [-0.2, 0) is 11.2 Å². The molecule has 88 valence electrons. The van der Waals surface area contributed by atoms with Crippen molar-refractivity contribution in [3.63, 3.8) is 0 Å². The van der Waals surface area contributed by atoms with Crippen molar-refractivity contribution in [2.45, 2.75) is 27.2 Å². The number of pyridine rings is 1. The van der Waals surface area contributed by atoms with Crippen molar-refractivity contribution >= 4 is 27.7 Å². The smallest absolute Gasteiger partial charge is 0.230 e. The Bertz CT molecular complexity index is 372. The zero-order valence-electron chi connectivity index (χ0n) is 9.88. The van der Waals surface area contributed by atoms with Gasteiger partial charge in [0, 0.05) is 16.9 Å². The topological polar surface area (TPSA) is 42.0 Å². The van der Waals surface area contributed by atoms with Crippen LogP contribution in [-0.4, -0.2) is 16.2 Å². The number of hydrogen-bond donors (Lipinski definition) is 1. The Morgan fingerprint density at radius 2 is 2.19 bits per heavy atom. The largest absolute Gasteiger partial charge is 0.310 e. The lowest BCUT2D eigenvalue weighted by atomic mass is 9.96. The van der Waals surface area contributed by atoms with E-state index in [1.807, 2.05) is 32.9 Å². The average molecular weight is 285 g/mol. The van der Waals surface area contributed by atoms with E-state index < -0.39 is 5.41 Å². The third kappa shape index (κ3) is 3.93. The maximum Gasteiger partial charge on any atom is 0.230 e. The molecule has 1 aromatic rings. The SMILES string of the molecule is CC(C)(C)C(=O)Nc1cc(CCBr)ccn1. The van der Waals surface area contributed by atoms with Gasteiger partial charge in [-0.25, -0.2) is 4.98 Å². The van der Waals surface area contributed by atoms with E-state index in [1.165, 1.54) is 0 Å². The fourth-order valence-electron chi connectivity index (χ4n) is 1.11. The predicted molar refractivity (Wildman–Crippen MR) is 69.8 cm³/mol. The normalized spacial score (nSPS) is 11.2. The minimum atomic E-state index is -0.396. The van der Waals surface area contributed by atoms with Gasteiger partial charge in [0.1, 0.15) is 5.82 Å². The first-order chi connectivity index (χ1) is 7.43. The van der Waals surface area contributed by atoms with E-state index in [9.17, 15) is 4.79 Å². The number of anilines is 1. The molecule has 1 heterocycles. The average Bonchev–Trinajstić information content (AvgIpc) is 2.17. The van der Waals surface area contributed by atoms with Gasteiger partial charge in [0.25, 0.3) is 0 Å². The number of aromatic nitrogens is 1. The number of hydrogen-bond acceptors (Lipinski definition) is 2. The van der Waals surface area contributed by atoms with Crippen LogP contribution in [0.25, 0.3) is 0 Å². The van der Waals surface area contributed by atoms with E-state index >= 15 is 0 Å². The van der Waals surface area contributed by atoms with Crippen molar-refractivity contribution in [1.82, 2.24) is 4.98 Å². The quantitative estimate of drug-likeness (QED) is 0.867. The molecule has 0 unspecified atom stereocenters. The minimum absolute atomic E-state index is 0.0176. The number of nitrogens with one attached hydrogen (secondary N) is 1. The number of alkyl halides is 1. The van der Waals surface area contributed by atoms with Crippen LogP contribution in [0.2, 0.25) is 0 Å². The molecule has 0 bridgehead atoms. The van der Waals surface area contributed by atoms with Gasteiger partial charge in [-0.1, -0.05) is 36.7 Å². The van der Waals surface area contributed by atoms with Crippen LogP contribution in [0.1, 0.15) is 26.3 Å². The number of halogens is 1. The highest BCUT2D eigenvalue weighted by atomic mass is 79.9. The Labute approximate surface area is 105 Å². The molecule has 1 aromatic heterocycles. The van der Waals surface area contributed by atoms with Crippen LogP contribution in [0.5, 0.6) is 0 Å². The second-order valence-corrected chi connectivity index (χ2v) is 5.49. The van der Waals surface area contributed by atoms with E-state index in [2.05, 4.69) is 26.2 Å². The molecule has 16 heavy (non-hydrogen) atoms. The van der Waals surface area contributed by atoms with E-state index in [-0.39, 0.29) is 5.91 Å². The molecule has 0 atom stereocenters. The van der Waals surface area contributed by atoms with Gasteiger partial charge < -0.3 is 5.32 Å². The number of nitrogens with zero attached hydrogens (tertiary/aromatic N) is 1. The summed E-state index contributed by atoms with van der Waals surface area (Å²) in [5.74, 6) is 0.606. The second-order valence-electron chi connectivity index (χ2n) is 4.69. The lowest BCUT2D eigenvalue weighted by molar-refractivity contribution is -0.123. The van der Waals surface area contributed by atoms with Crippen molar-refractivity contribution in [2.75, 3.05) is 10.6 Å². The molecule has 1 rings (SSSR count). The van der Waals surface area contributed by atoms with Crippen LogP contribution >= 0.6 is 15.9 Å². The highest BCUT2D eigenvalue weighted by Gasteiger charge is 2.21. The summed E-state index contributed by atoms with van der Waals surface area (Å²) in [4.78, 5) is 15.9. The molecule has 1 N–H and O–H groups in total. The van der Waals surface area contributed by atoms with Crippen LogP contribution in [0.15, 0.2) is 18.3 Å². The van der Waals surface area contributed by atoms with Gasteiger partial charge in [-0.15, -0.1) is 0 Å². The monoisotopic (exact) mass is 284 g/mol. The Morgan fingerprint density at radius 3 is 2.75 bits per heavy atom. The van der Waals surface area contributed by atoms with Crippen LogP contribution < -0.4 is 5.32 Å². The number of carbonyl (C=O) groups is 1. The Balaban J connectivity index is 2.74. The first kappa shape index (κ1) is 13.2. The molecule has 3 nitrogen and oxygen atoms in total. The molecular weight excluding hydrogens is 268 g/mol. The first-order valence-electron chi connectivity index (χ1n) is 5.26. The van der Waals surface area contributed by atoms with Crippen molar-refractivity contribution in [1.29, 1.82) is 0 Å². The van der Waals surface area contributed by atoms with E-state index in [1.54, 1.807) is 6.20 Å². The van der Waals surface area contributed by atoms with Crippen molar-refractivity contribution in [3.8, 4) is 0 Å². The van der Waals surface area contributed by atoms with Gasteiger partial charge in [-0.2, -0.15) is 0 Å². The van der Waals surface area contributed by atoms with Gasteiger partial charge in [-0.05, 0) is 24.1 Å². The summed E-state index contributed by atoms with van der Waals surface area (Å²) in [5, 5.41) is 3.72. The van der Waals surface area contributed by atoms with Crippen molar-refractivity contribution in [3.05, 3.63) is 23.9 Å². The summed E-state index contributed by atoms with van der Waals surface area (Å²) in [6, 6.07) is 3.86. The summed E-state index contributed by atoms with van der Waals surface area (Å²) in [6.45, 7) is 5.64. The fourth-order valence-corrected chi connectivity index (χ4v) is 1.57. The lowest BCUT2D eigenvalue weighted by Crippen LogP contribution is -2.28. The van der Waals surface area contributed by atoms with E-state index in [0.29, 0.717) is 5.82 Å². The van der Waals surface area contributed by atoms with Gasteiger partial charge in [0.15, 0.2) is 0 Å². The summed E-state index contributed by atoms with van der Waals surface area (Å²) in [7, 11) is 0. The molecule has 0 radical (unpaired) electrons. The Kier molecular flexibility index (Phi) is 4.47. The standard InChI is InChI=1S/C12H17BrN2O/c1-12(2,3)11(16)15-10-8-9(4-6-13)5-7-14-10/h5,7-8H,4,6H2,1-3H3,(H,14,15,16). The summed E-state index contributed by atoms with van der Waals surface area (Å²) < 4.78 is 0. The summed E-state index contributed by atoms with van der Waals surface area (Å²) in [6.07, 6.45) is 2.65.